The maximum Gasteiger partial charge on any atom is 0.236 e. The van der Waals surface area contributed by atoms with Gasteiger partial charge in [0.05, 0.1) is 13.1 Å². The van der Waals surface area contributed by atoms with Crippen LogP contribution in [0.4, 0.5) is 0 Å². The Balaban J connectivity index is 2.45. The predicted octanol–water partition coefficient (Wildman–Crippen LogP) is -0.863. The van der Waals surface area contributed by atoms with Crippen molar-refractivity contribution in [2.24, 2.45) is 5.73 Å². The number of piperidine rings is 1. The Morgan fingerprint density at radius 2 is 2.36 bits per heavy atom. The van der Waals surface area contributed by atoms with Crippen molar-refractivity contribution in [2.75, 3.05) is 19.6 Å². The lowest BCUT2D eigenvalue weighted by atomic mass is 10.1. The zero-order chi connectivity index (χ0) is 8.27. The summed E-state index contributed by atoms with van der Waals surface area (Å²) in [5.74, 6) is 0.0103. The number of amides is 1. The quantitative estimate of drug-likeness (QED) is 0.537. The van der Waals surface area contributed by atoms with Gasteiger partial charge >= 0.3 is 0 Å². The molecule has 0 unspecified atom stereocenters. The van der Waals surface area contributed by atoms with Crippen LogP contribution in [-0.2, 0) is 9.59 Å². The summed E-state index contributed by atoms with van der Waals surface area (Å²) >= 11 is 0. The van der Waals surface area contributed by atoms with Gasteiger partial charge in [-0.3, -0.25) is 9.59 Å². The molecule has 4 nitrogen and oxygen atoms in total. The molecule has 0 saturated carbocycles. The van der Waals surface area contributed by atoms with Crippen molar-refractivity contribution in [1.82, 2.24) is 4.90 Å². The molecule has 0 aromatic rings. The third-order valence-electron chi connectivity index (χ3n) is 1.78. The minimum absolute atomic E-state index is 0.00722. The molecule has 11 heavy (non-hydrogen) atoms. The third kappa shape index (κ3) is 2.01. The summed E-state index contributed by atoms with van der Waals surface area (Å²) in [6, 6.07) is 0. The van der Waals surface area contributed by atoms with Gasteiger partial charge in [-0.15, -0.1) is 0 Å². The fourth-order valence-corrected chi connectivity index (χ4v) is 1.18. The van der Waals surface area contributed by atoms with Gasteiger partial charge in [0, 0.05) is 13.0 Å². The zero-order valence-corrected chi connectivity index (χ0v) is 6.38. The van der Waals surface area contributed by atoms with E-state index in [-0.39, 0.29) is 24.8 Å². The fraction of sp³-hybridized carbons (Fsp3) is 0.714. The molecule has 2 N–H and O–H groups in total. The second-order valence-electron chi connectivity index (χ2n) is 2.66. The van der Waals surface area contributed by atoms with Gasteiger partial charge < -0.3 is 10.6 Å². The Bertz CT molecular complexity index is 179. The summed E-state index contributed by atoms with van der Waals surface area (Å²) < 4.78 is 0. The van der Waals surface area contributed by atoms with E-state index in [9.17, 15) is 9.59 Å². The standard InChI is InChI=1S/C7H12N2O2/c8-4-7(11)9-3-1-2-6(10)5-9/h1-5,8H2. The Kier molecular flexibility index (Phi) is 2.59. The molecule has 0 aromatic heterocycles. The van der Waals surface area contributed by atoms with Crippen LogP contribution < -0.4 is 5.73 Å². The van der Waals surface area contributed by atoms with E-state index in [2.05, 4.69) is 0 Å². The van der Waals surface area contributed by atoms with Crippen molar-refractivity contribution >= 4 is 11.7 Å². The number of rotatable bonds is 1. The van der Waals surface area contributed by atoms with Crippen molar-refractivity contribution in [3.63, 3.8) is 0 Å². The van der Waals surface area contributed by atoms with E-state index in [4.69, 9.17) is 5.73 Å². The number of nitrogens with zero attached hydrogens (tertiary/aromatic N) is 1. The summed E-state index contributed by atoms with van der Waals surface area (Å²) in [4.78, 5) is 23.3. The molecule has 1 rings (SSSR count). The second kappa shape index (κ2) is 3.48. The highest BCUT2D eigenvalue weighted by molar-refractivity contribution is 5.87. The van der Waals surface area contributed by atoms with E-state index in [1.807, 2.05) is 0 Å². The van der Waals surface area contributed by atoms with Gasteiger partial charge in [0.2, 0.25) is 5.91 Å². The van der Waals surface area contributed by atoms with E-state index >= 15 is 0 Å². The van der Waals surface area contributed by atoms with E-state index in [1.165, 1.54) is 4.90 Å². The van der Waals surface area contributed by atoms with E-state index < -0.39 is 0 Å². The Morgan fingerprint density at radius 1 is 1.64 bits per heavy atom. The van der Waals surface area contributed by atoms with Crippen LogP contribution in [0.5, 0.6) is 0 Å². The maximum atomic E-state index is 11.0. The second-order valence-corrected chi connectivity index (χ2v) is 2.66. The lowest BCUT2D eigenvalue weighted by Gasteiger charge is -2.24. The van der Waals surface area contributed by atoms with Crippen LogP contribution in [-0.4, -0.2) is 36.2 Å². The van der Waals surface area contributed by atoms with Gasteiger partial charge in [-0.05, 0) is 6.42 Å². The number of nitrogens with two attached hydrogens (primary N) is 1. The molecule has 1 aliphatic heterocycles. The van der Waals surface area contributed by atoms with Gasteiger partial charge in [-0.2, -0.15) is 0 Å². The molecule has 4 heteroatoms. The highest BCUT2D eigenvalue weighted by Gasteiger charge is 2.19. The summed E-state index contributed by atoms with van der Waals surface area (Å²) in [5.41, 5.74) is 5.15. The van der Waals surface area contributed by atoms with Gasteiger partial charge in [0.25, 0.3) is 0 Å². The monoisotopic (exact) mass is 156 g/mol. The molecular formula is C7H12N2O2. The highest BCUT2D eigenvalue weighted by Crippen LogP contribution is 2.04. The minimum Gasteiger partial charge on any atom is -0.334 e. The Labute approximate surface area is 65.3 Å². The highest BCUT2D eigenvalue weighted by atomic mass is 16.2. The first-order valence-corrected chi connectivity index (χ1v) is 3.73. The Hall–Kier alpha value is -0.900. The smallest absolute Gasteiger partial charge is 0.236 e. The molecule has 0 atom stereocenters. The first kappa shape index (κ1) is 8.20. The van der Waals surface area contributed by atoms with Crippen molar-refractivity contribution in [3.8, 4) is 0 Å². The van der Waals surface area contributed by atoms with Crippen LogP contribution in [0.15, 0.2) is 0 Å². The number of carbonyl (C=O) groups is 2. The Morgan fingerprint density at radius 3 is 2.91 bits per heavy atom. The number of Topliss-reactive ketones (excluding diaryl/α,β-unsaturated/α-hetero) is 1. The first-order chi connectivity index (χ1) is 5.24. The van der Waals surface area contributed by atoms with Crippen LogP contribution >= 0.6 is 0 Å². The number of likely N-dealkylation sites (tertiary alicyclic amines) is 1. The fourth-order valence-electron chi connectivity index (χ4n) is 1.18. The van der Waals surface area contributed by atoms with E-state index in [1.54, 1.807) is 0 Å². The average Bonchev–Trinajstić information content (AvgIpc) is 2.03. The van der Waals surface area contributed by atoms with Crippen LogP contribution in [0.1, 0.15) is 12.8 Å². The molecule has 1 heterocycles. The molecule has 0 aromatic carbocycles. The van der Waals surface area contributed by atoms with Gasteiger partial charge in [0.15, 0.2) is 5.78 Å². The van der Waals surface area contributed by atoms with Crippen LogP contribution in [0.3, 0.4) is 0 Å². The normalized spacial score (nSPS) is 18.6. The van der Waals surface area contributed by atoms with E-state index in [0.29, 0.717) is 13.0 Å². The van der Waals surface area contributed by atoms with Crippen LogP contribution in [0.25, 0.3) is 0 Å². The molecule has 0 bridgehead atoms. The van der Waals surface area contributed by atoms with Crippen molar-refractivity contribution in [2.45, 2.75) is 12.8 Å². The topological polar surface area (TPSA) is 63.4 Å². The summed E-state index contributed by atoms with van der Waals surface area (Å²) in [6.45, 7) is 0.949. The predicted molar refractivity (Wildman–Crippen MR) is 39.9 cm³/mol. The van der Waals surface area contributed by atoms with Gasteiger partial charge in [-0.25, -0.2) is 0 Å². The maximum absolute atomic E-state index is 11.0. The van der Waals surface area contributed by atoms with Gasteiger partial charge in [-0.1, -0.05) is 0 Å². The molecule has 1 saturated heterocycles. The van der Waals surface area contributed by atoms with E-state index in [0.717, 1.165) is 6.42 Å². The largest absolute Gasteiger partial charge is 0.334 e. The average molecular weight is 156 g/mol. The molecule has 1 fully saturated rings. The number of hydrogen-bond donors (Lipinski definition) is 1. The summed E-state index contributed by atoms with van der Waals surface area (Å²) in [6.07, 6.45) is 1.39. The zero-order valence-electron chi connectivity index (χ0n) is 6.38. The van der Waals surface area contributed by atoms with Crippen molar-refractivity contribution in [1.29, 1.82) is 0 Å². The first-order valence-electron chi connectivity index (χ1n) is 3.73. The SMILES string of the molecule is NCC(=O)N1CCCC(=O)C1. The summed E-state index contributed by atoms with van der Waals surface area (Å²) in [5, 5.41) is 0. The number of ketones is 1. The third-order valence-corrected chi connectivity index (χ3v) is 1.78. The molecule has 0 aliphatic carbocycles. The van der Waals surface area contributed by atoms with Gasteiger partial charge in [0.1, 0.15) is 0 Å². The summed E-state index contributed by atoms with van der Waals surface area (Å²) in [7, 11) is 0. The molecule has 62 valence electrons. The lowest BCUT2D eigenvalue weighted by Crippen LogP contribution is -2.43. The van der Waals surface area contributed by atoms with Crippen molar-refractivity contribution in [3.05, 3.63) is 0 Å². The van der Waals surface area contributed by atoms with Crippen LogP contribution in [0.2, 0.25) is 0 Å². The number of carbonyl (C=O) groups excluding carboxylic acids is 2. The molecule has 0 radical (unpaired) electrons. The number of hydrogen-bond acceptors (Lipinski definition) is 3. The van der Waals surface area contributed by atoms with Crippen LogP contribution in [0, 0.1) is 0 Å². The van der Waals surface area contributed by atoms with Crippen molar-refractivity contribution < 1.29 is 9.59 Å². The lowest BCUT2D eigenvalue weighted by molar-refractivity contribution is -0.136. The molecule has 1 amide bonds. The molecule has 1 aliphatic rings. The molecular weight excluding hydrogens is 144 g/mol. The minimum atomic E-state index is -0.127. The molecule has 0 spiro atoms.